The van der Waals surface area contributed by atoms with E-state index in [0.29, 0.717) is 22.4 Å². The summed E-state index contributed by atoms with van der Waals surface area (Å²) < 4.78 is 5.64. The second-order valence-electron chi connectivity index (χ2n) is 4.23. The summed E-state index contributed by atoms with van der Waals surface area (Å²) >= 11 is 12.1. The van der Waals surface area contributed by atoms with E-state index in [1.54, 1.807) is 25.1 Å². The molecule has 0 amide bonds. The van der Waals surface area contributed by atoms with Crippen LogP contribution in [-0.4, -0.2) is 5.11 Å². The molecule has 0 radical (unpaired) electrons. The number of rotatable bonds is 4. The first kappa shape index (κ1) is 14.2. The molecular weight excluding hydrogens is 283 g/mol. The van der Waals surface area contributed by atoms with E-state index in [0.717, 1.165) is 11.1 Å². The molecule has 0 aliphatic rings. The van der Waals surface area contributed by atoms with Crippen molar-refractivity contribution < 1.29 is 9.84 Å². The second-order valence-corrected chi connectivity index (χ2v) is 5.05. The molecule has 4 heteroatoms. The van der Waals surface area contributed by atoms with Gasteiger partial charge in [0, 0.05) is 15.6 Å². The molecule has 2 nitrogen and oxygen atoms in total. The molecular formula is C15H14Cl2O2. The lowest BCUT2D eigenvalue weighted by Gasteiger charge is -2.10. The lowest BCUT2D eigenvalue weighted by atomic mass is 10.1. The number of aliphatic hydroxyl groups excluding tert-OH is 1. The highest BCUT2D eigenvalue weighted by atomic mass is 35.5. The van der Waals surface area contributed by atoms with Crippen LogP contribution in [0.3, 0.4) is 0 Å². The quantitative estimate of drug-likeness (QED) is 0.891. The predicted molar refractivity (Wildman–Crippen MR) is 77.9 cm³/mol. The summed E-state index contributed by atoms with van der Waals surface area (Å²) in [7, 11) is 0. The van der Waals surface area contributed by atoms with Crippen LogP contribution in [0.25, 0.3) is 0 Å². The van der Waals surface area contributed by atoms with Gasteiger partial charge in [-0.1, -0.05) is 41.4 Å². The Kier molecular flexibility index (Phi) is 4.70. The van der Waals surface area contributed by atoms with Crippen LogP contribution in [0.2, 0.25) is 10.0 Å². The molecule has 0 heterocycles. The van der Waals surface area contributed by atoms with Crippen LogP contribution in [0.15, 0.2) is 42.5 Å². The van der Waals surface area contributed by atoms with E-state index in [-0.39, 0.29) is 0 Å². The van der Waals surface area contributed by atoms with E-state index in [1.165, 1.54) is 0 Å². The highest BCUT2D eigenvalue weighted by Gasteiger charge is 2.06. The first-order valence-electron chi connectivity index (χ1n) is 5.91. The van der Waals surface area contributed by atoms with Crippen molar-refractivity contribution in [1.82, 2.24) is 0 Å². The van der Waals surface area contributed by atoms with Crippen LogP contribution in [0.5, 0.6) is 5.75 Å². The Morgan fingerprint density at radius 3 is 2.16 bits per heavy atom. The minimum atomic E-state index is -0.480. The Morgan fingerprint density at radius 2 is 1.63 bits per heavy atom. The van der Waals surface area contributed by atoms with E-state index >= 15 is 0 Å². The zero-order chi connectivity index (χ0) is 13.8. The highest BCUT2D eigenvalue weighted by Crippen LogP contribution is 2.26. The lowest BCUT2D eigenvalue weighted by Crippen LogP contribution is -1.98. The van der Waals surface area contributed by atoms with E-state index in [9.17, 15) is 5.11 Å². The Balaban J connectivity index is 2.06. The number of aliphatic hydroxyl groups is 1. The molecule has 0 aromatic heterocycles. The minimum absolute atomic E-state index is 0.312. The normalized spacial score (nSPS) is 12.2. The number of halogens is 2. The Morgan fingerprint density at radius 1 is 1.05 bits per heavy atom. The molecule has 0 aliphatic heterocycles. The van der Waals surface area contributed by atoms with E-state index in [4.69, 9.17) is 27.9 Å². The smallest absolute Gasteiger partial charge is 0.119 e. The average Bonchev–Trinajstić information content (AvgIpc) is 2.38. The highest BCUT2D eigenvalue weighted by molar-refractivity contribution is 6.35. The van der Waals surface area contributed by atoms with Crippen molar-refractivity contribution in [3.05, 3.63) is 63.6 Å². The van der Waals surface area contributed by atoms with Gasteiger partial charge in [0.15, 0.2) is 0 Å². The molecule has 19 heavy (non-hydrogen) atoms. The first-order valence-corrected chi connectivity index (χ1v) is 6.67. The van der Waals surface area contributed by atoms with Gasteiger partial charge in [0.2, 0.25) is 0 Å². The fourth-order valence-electron chi connectivity index (χ4n) is 1.67. The molecule has 2 aromatic carbocycles. The summed E-state index contributed by atoms with van der Waals surface area (Å²) in [4.78, 5) is 0. The van der Waals surface area contributed by atoms with E-state index in [1.807, 2.05) is 24.3 Å². The van der Waals surface area contributed by atoms with Gasteiger partial charge in [-0.05, 0) is 36.8 Å². The molecule has 0 bridgehead atoms. The van der Waals surface area contributed by atoms with Crippen molar-refractivity contribution >= 4 is 23.2 Å². The number of benzene rings is 2. The van der Waals surface area contributed by atoms with Gasteiger partial charge in [0.25, 0.3) is 0 Å². The van der Waals surface area contributed by atoms with Gasteiger partial charge in [-0.15, -0.1) is 0 Å². The fourth-order valence-corrected chi connectivity index (χ4v) is 2.17. The molecule has 0 unspecified atom stereocenters. The number of ether oxygens (including phenoxy) is 1. The molecule has 0 saturated carbocycles. The van der Waals surface area contributed by atoms with Gasteiger partial charge in [0.1, 0.15) is 12.4 Å². The van der Waals surface area contributed by atoms with Crippen molar-refractivity contribution in [3.63, 3.8) is 0 Å². The maximum absolute atomic E-state index is 9.42. The van der Waals surface area contributed by atoms with Crippen molar-refractivity contribution in [2.24, 2.45) is 0 Å². The largest absolute Gasteiger partial charge is 0.489 e. The van der Waals surface area contributed by atoms with Crippen molar-refractivity contribution in [3.8, 4) is 5.75 Å². The standard InChI is InChI=1S/C15H14Cl2O2/c1-10(18)11-5-7-12(8-6-11)19-9-13-14(16)3-2-4-15(13)17/h2-8,10,18H,9H2,1H3/t10-/m1/s1. The molecule has 100 valence electrons. The summed E-state index contributed by atoms with van der Waals surface area (Å²) in [5, 5.41) is 10.6. The number of hydrogen-bond acceptors (Lipinski definition) is 2. The molecule has 2 rings (SSSR count). The molecule has 2 aromatic rings. The first-order chi connectivity index (χ1) is 9.08. The zero-order valence-corrected chi connectivity index (χ0v) is 11.9. The number of hydrogen-bond donors (Lipinski definition) is 1. The Hall–Kier alpha value is -1.22. The molecule has 1 atom stereocenters. The van der Waals surface area contributed by atoms with Gasteiger partial charge in [-0.2, -0.15) is 0 Å². The summed E-state index contributed by atoms with van der Waals surface area (Å²) in [5.41, 5.74) is 1.62. The second kappa shape index (κ2) is 6.29. The van der Waals surface area contributed by atoms with Gasteiger partial charge in [-0.3, -0.25) is 0 Å². The molecule has 0 fully saturated rings. The molecule has 0 aliphatic carbocycles. The van der Waals surface area contributed by atoms with Gasteiger partial charge in [0.05, 0.1) is 6.10 Å². The van der Waals surface area contributed by atoms with Crippen LogP contribution < -0.4 is 4.74 Å². The summed E-state index contributed by atoms with van der Waals surface area (Å²) in [6, 6.07) is 12.6. The Bertz CT molecular complexity index is 530. The topological polar surface area (TPSA) is 29.5 Å². The Labute approximate surface area is 122 Å². The van der Waals surface area contributed by atoms with E-state index < -0.39 is 6.10 Å². The van der Waals surface area contributed by atoms with Crippen molar-refractivity contribution in [2.45, 2.75) is 19.6 Å². The lowest BCUT2D eigenvalue weighted by molar-refractivity contribution is 0.199. The third kappa shape index (κ3) is 3.63. The van der Waals surface area contributed by atoms with Crippen LogP contribution in [0, 0.1) is 0 Å². The van der Waals surface area contributed by atoms with Crippen molar-refractivity contribution in [1.29, 1.82) is 0 Å². The predicted octanol–water partition coefficient (Wildman–Crippen LogP) is 4.63. The maximum atomic E-state index is 9.42. The fraction of sp³-hybridized carbons (Fsp3) is 0.200. The molecule has 1 N–H and O–H groups in total. The van der Waals surface area contributed by atoms with Crippen LogP contribution >= 0.6 is 23.2 Å². The van der Waals surface area contributed by atoms with E-state index in [2.05, 4.69) is 0 Å². The SMILES string of the molecule is C[C@@H](O)c1ccc(OCc2c(Cl)cccc2Cl)cc1. The van der Waals surface area contributed by atoms with Crippen LogP contribution in [-0.2, 0) is 6.61 Å². The average molecular weight is 297 g/mol. The van der Waals surface area contributed by atoms with Gasteiger partial charge in [-0.25, -0.2) is 0 Å². The molecule has 0 spiro atoms. The summed E-state index contributed by atoms with van der Waals surface area (Å²) in [6.07, 6.45) is -0.480. The minimum Gasteiger partial charge on any atom is -0.489 e. The zero-order valence-electron chi connectivity index (χ0n) is 10.4. The monoisotopic (exact) mass is 296 g/mol. The maximum Gasteiger partial charge on any atom is 0.119 e. The van der Waals surface area contributed by atoms with Crippen LogP contribution in [0.4, 0.5) is 0 Å². The van der Waals surface area contributed by atoms with Crippen molar-refractivity contribution in [2.75, 3.05) is 0 Å². The molecule has 0 saturated heterocycles. The van der Waals surface area contributed by atoms with Crippen LogP contribution in [0.1, 0.15) is 24.2 Å². The summed E-state index contributed by atoms with van der Waals surface area (Å²) in [5.74, 6) is 0.709. The third-order valence-electron chi connectivity index (χ3n) is 2.81. The summed E-state index contributed by atoms with van der Waals surface area (Å²) in [6.45, 7) is 2.03. The van der Waals surface area contributed by atoms with Gasteiger partial charge >= 0.3 is 0 Å². The van der Waals surface area contributed by atoms with Gasteiger partial charge < -0.3 is 9.84 Å². The third-order valence-corrected chi connectivity index (χ3v) is 3.52.